The van der Waals surface area contributed by atoms with Crippen LogP contribution in [-0.2, 0) is 15.6 Å². The van der Waals surface area contributed by atoms with Crippen LogP contribution in [0.25, 0.3) is 6.08 Å². The number of hydrogen-bond donors (Lipinski definition) is 1. The van der Waals surface area contributed by atoms with E-state index >= 15 is 0 Å². The molecule has 1 aliphatic rings. The number of halogens is 3. The molecule has 0 spiro atoms. The van der Waals surface area contributed by atoms with Gasteiger partial charge in [-0.3, -0.25) is 9.00 Å². The van der Waals surface area contributed by atoms with E-state index in [1.807, 2.05) is 6.07 Å². The summed E-state index contributed by atoms with van der Waals surface area (Å²) in [5, 5.41) is 1.77. The zero-order chi connectivity index (χ0) is 18.3. The zero-order valence-corrected chi connectivity index (χ0v) is 14.7. The van der Waals surface area contributed by atoms with Crippen molar-refractivity contribution in [3.8, 4) is 0 Å². The molecule has 1 saturated carbocycles. The van der Waals surface area contributed by atoms with Gasteiger partial charge in [0.05, 0.1) is 10.8 Å². The Kier molecular flexibility index (Phi) is 7.23. The van der Waals surface area contributed by atoms with Gasteiger partial charge in [-0.25, -0.2) is 0 Å². The molecule has 7 heteroatoms. The number of alkyl halides is 3. The maximum absolute atomic E-state index is 12.5. The Morgan fingerprint density at radius 3 is 2.64 bits per heavy atom. The average Bonchev–Trinajstić information content (AvgIpc) is 2.59. The Morgan fingerprint density at radius 2 is 1.96 bits per heavy atom. The van der Waals surface area contributed by atoms with Crippen molar-refractivity contribution in [3.05, 3.63) is 35.9 Å². The number of carbonyl (C=O) groups excluding carboxylic acids is 1. The lowest BCUT2D eigenvalue weighted by Crippen LogP contribution is -2.36. The van der Waals surface area contributed by atoms with E-state index < -0.39 is 22.9 Å². The highest BCUT2D eigenvalue weighted by Crippen LogP contribution is 2.26. The Bertz CT molecular complexity index is 637. The second-order valence-corrected chi connectivity index (χ2v) is 7.69. The molecule has 1 aromatic carbocycles. The summed E-state index contributed by atoms with van der Waals surface area (Å²) < 4.78 is 48.7. The fourth-order valence-corrected chi connectivity index (χ4v) is 4.32. The molecule has 1 fully saturated rings. The molecule has 1 aliphatic carbocycles. The summed E-state index contributed by atoms with van der Waals surface area (Å²) in [4.78, 5) is 11.4. The van der Waals surface area contributed by atoms with Crippen molar-refractivity contribution in [2.24, 2.45) is 5.92 Å². The van der Waals surface area contributed by atoms with E-state index in [2.05, 4.69) is 0 Å². The van der Waals surface area contributed by atoms with Crippen LogP contribution >= 0.6 is 0 Å². The van der Waals surface area contributed by atoms with Gasteiger partial charge in [0.15, 0.2) is 0 Å². The maximum Gasteiger partial charge on any atom is 0.471 e. The van der Waals surface area contributed by atoms with Gasteiger partial charge in [0.1, 0.15) is 0 Å². The van der Waals surface area contributed by atoms with Crippen LogP contribution < -0.4 is 5.32 Å². The number of benzene rings is 1. The quantitative estimate of drug-likeness (QED) is 0.817. The van der Waals surface area contributed by atoms with Gasteiger partial charge in [-0.1, -0.05) is 43.5 Å². The molecule has 0 aromatic heterocycles. The third kappa shape index (κ3) is 6.65. The largest absolute Gasteiger partial charge is 0.471 e. The first kappa shape index (κ1) is 19.7. The fraction of sp³-hybridized carbons (Fsp3) is 0.500. The van der Waals surface area contributed by atoms with Crippen LogP contribution in [0.1, 0.15) is 37.7 Å². The molecule has 138 valence electrons. The van der Waals surface area contributed by atoms with Gasteiger partial charge >= 0.3 is 12.1 Å². The summed E-state index contributed by atoms with van der Waals surface area (Å²) in [5.74, 6) is -0.791. The van der Waals surface area contributed by atoms with E-state index in [1.54, 1.807) is 29.6 Å². The number of rotatable bonds is 6. The standard InChI is InChI=1S/C18H22F3NO2S/c19-18(20,21)17(23)22-11-5-9-14-8-4-10-16(12-14)25(24)13-15-6-2-1-3-7-15/h4-5,8-10,12,15H,1-3,6-7,11,13H2,(H,22,23). The third-order valence-corrected chi connectivity index (χ3v) is 5.73. The van der Waals surface area contributed by atoms with E-state index in [4.69, 9.17) is 0 Å². The molecule has 0 radical (unpaired) electrons. The van der Waals surface area contributed by atoms with Crippen LogP contribution in [0.2, 0.25) is 0 Å². The summed E-state index contributed by atoms with van der Waals surface area (Å²) in [6.07, 6.45) is 4.10. The lowest BCUT2D eigenvalue weighted by Gasteiger charge is -2.20. The van der Waals surface area contributed by atoms with Gasteiger partial charge in [0, 0.05) is 17.2 Å². The molecule has 0 saturated heterocycles. The number of nitrogens with one attached hydrogen (secondary N) is 1. The van der Waals surface area contributed by atoms with Gasteiger partial charge in [-0.2, -0.15) is 13.2 Å². The van der Waals surface area contributed by atoms with Crippen LogP contribution in [0.4, 0.5) is 13.2 Å². The van der Waals surface area contributed by atoms with E-state index in [0.717, 1.165) is 23.3 Å². The van der Waals surface area contributed by atoms with Crippen LogP contribution in [0.3, 0.4) is 0 Å². The minimum atomic E-state index is -4.87. The highest BCUT2D eigenvalue weighted by molar-refractivity contribution is 7.85. The van der Waals surface area contributed by atoms with E-state index in [-0.39, 0.29) is 6.54 Å². The van der Waals surface area contributed by atoms with Crippen molar-refractivity contribution in [2.75, 3.05) is 12.3 Å². The van der Waals surface area contributed by atoms with Crippen molar-refractivity contribution in [1.82, 2.24) is 5.32 Å². The van der Waals surface area contributed by atoms with Crippen molar-refractivity contribution in [2.45, 2.75) is 43.2 Å². The lowest BCUT2D eigenvalue weighted by atomic mass is 9.91. The smallest absolute Gasteiger partial charge is 0.345 e. The molecule has 3 nitrogen and oxygen atoms in total. The molecule has 1 aromatic rings. The SMILES string of the molecule is O=C(NCC=Cc1cccc(S(=O)CC2CCCCC2)c1)C(F)(F)F. The molecular weight excluding hydrogens is 351 g/mol. The summed E-state index contributed by atoms with van der Waals surface area (Å²) in [6, 6.07) is 7.15. The number of carbonyl (C=O) groups is 1. The predicted octanol–water partition coefficient (Wildman–Crippen LogP) is 4.07. The predicted molar refractivity (Wildman–Crippen MR) is 92.4 cm³/mol. The van der Waals surface area contributed by atoms with Crippen LogP contribution in [0.15, 0.2) is 35.2 Å². The zero-order valence-electron chi connectivity index (χ0n) is 13.8. The number of hydrogen-bond acceptors (Lipinski definition) is 2. The monoisotopic (exact) mass is 373 g/mol. The van der Waals surface area contributed by atoms with E-state index in [9.17, 15) is 22.2 Å². The van der Waals surface area contributed by atoms with Crippen LogP contribution in [-0.4, -0.2) is 28.6 Å². The molecule has 0 bridgehead atoms. The van der Waals surface area contributed by atoms with Crippen molar-refractivity contribution >= 4 is 22.8 Å². The second-order valence-electron chi connectivity index (χ2n) is 6.20. The summed E-state index contributed by atoms with van der Waals surface area (Å²) in [5.41, 5.74) is 0.746. The fourth-order valence-electron chi connectivity index (χ4n) is 2.87. The van der Waals surface area contributed by atoms with Gasteiger partial charge in [-0.15, -0.1) is 0 Å². The van der Waals surface area contributed by atoms with Gasteiger partial charge in [-0.05, 0) is 36.5 Å². The molecular formula is C18H22F3NO2S. The number of amides is 1. The Hall–Kier alpha value is -1.63. The molecule has 0 heterocycles. The third-order valence-electron chi connectivity index (χ3n) is 4.18. The minimum absolute atomic E-state index is 0.215. The second kappa shape index (κ2) is 9.17. The maximum atomic E-state index is 12.5. The van der Waals surface area contributed by atoms with Gasteiger partial charge in [0.2, 0.25) is 0 Å². The highest BCUT2D eigenvalue weighted by atomic mass is 32.2. The first-order chi connectivity index (χ1) is 11.9. The molecule has 1 atom stereocenters. The normalized spacial score (nSPS) is 17.6. The summed E-state index contributed by atoms with van der Waals surface area (Å²) >= 11 is 0. The first-order valence-electron chi connectivity index (χ1n) is 8.36. The van der Waals surface area contributed by atoms with Crippen molar-refractivity contribution in [3.63, 3.8) is 0 Å². The summed E-state index contributed by atoms with van der Waals surface area (Å²) in [7, 11) is -1.07. The topological polar surface area (TPSA) is 46.2 Å². The molecule has 1 N–H and O–H groups in total. The van der Waals surface area contributed by atoms with Gasteiger partial charge in [0.25, 0.3) is 0 Å². The minimum Gasteiger partial charge on any atom is -0.345 e. The summed E-state index contributed by atoms with van der Waals surface area (Å²) in [6.45, 7) is -0.215. The van der Waals surface area contributed by atoms with Crippen molar-refractivity contribution in [1.29, 1.82) is 0 Å². The van der Waals surface area contributed by atoms with Crippen LogP contribution in [0.5, 0.6) is 0 Å². The highest BCUT2D eigenvalue weighted by Gasteiger charge is 2.37. The van der Waals surface area contributed by atoms with E-state index in [1.165, 1.54) is 25.3 Å². The molecule has 1 amide bonds. The Labute approximate surface area is 148 Å². The Morgan fingerprint density at radius 1 is 1.24 bits per heavy atom. The van der Waals surface area contributed by atoms with E-state index in [0.29, 0.717) is 11.7 Å². The molecule has 25 heavy (non-hydrogen) atoms. The first-order valence-corrected chi connectivity index (χ1v) is 9.68. The molecule has 2 rings (SSSR count). The van der Waals surface area contributed by atoms with Crippen molar-refractivity contribution < 1.29 is 22.2 Å². The lowest BCUT2D eigenvalue weighted by molar-refractivity contribution is -0.173. The average molecular weight is 373 g/mol. The van der Waals surface area contributed by atoms with Gasteiger partial charge < -0.3 is 5.32 Å². The Balaban J connectivity index is 1.88. The molecule has 0 aliphatic heterocycles. The molecule has 1 unspecified atom stereocenters. The van der Waals surface area contributed by atoms with Crippen LogP contribution in [0, 0.1) is 5.92 Å².